The van der Waals surface area contributed by atoms with Crippen LogP contribution >= 0.6 is 11.8 Å². The van der Waals surface area contributed by atoms with E-state index in [1.165, 1.54) is 44.2 Å². The van der Waals surface area contributed by atoms with Crippen molar-refractivity contribution in [1.29, 1.82) is 0 Å². The quantitative estimate of drug-likeness (QED) is 0.751. The number of rotatable bonds is 4. The molecular weight excluding hydrogens is 235 g/mol. The van der Waals surface area contributed by atoms with Gasteiger partial charge in [-0.05, 0) is 37.1 Å². The van der Waals surface area contributed by atoms with Crippen molar-refractivity contribution in [3.05, 3.63) is 35.6 Å². The molecule has 0 saturated heterocycles. The van der Waals surface area contributed by atoms with Gasteiger partial charge >= 0.3 is 0 Å². The Morgan fingerprint density at radius 1 is 1.18 bits per heavy atom. The molecule has 1 aromatic carbocycles. The Hall–Kier alpha value is -0.830. The van der Waals surface area contributed by atoms with Gasteiger partial charge in [0.25, 0.3) is 0 Å². The van der Waals surface area contributed by atoms with Crippen LogP contribution in [0.25, 0.3) is 0 Å². The maximum atomic E-state index is 12.7. The highest BCUT2D eigenvalue weighted by Gasteiger charge is 2.15. The third-order valence-electron chi connectivity index (χ3n) is 3.17. The lowest BCUT2D eigenvalue weighted by Crippen LogP contribution is -2.12. The minimum Gasteiger partial charge on any atom is -0.293 e. The first kappa shape index (κ1) is 12.6. The first-order chi connectivity index (χ1) is 8.25. The lowest BCUT2D eigenvalue weighted by atomic mass is 10.0. The molecule has 17 heavy (non-hydrogen) atoms. The molecule has 0 radical (unpaired) electrons. The van der Waals surface area contributed by atoms with Crippen molar-refractivity contribution in [2.24, 2.45) is 0 Å². The summed E-state index contributed by atoms with van der Waals surface area (Å²) in [6.07, 6.45) is 6.40. The Kier molecular flexibility index (Phi) is 4.60. The second kappa shape index (κ2) is 6.20. The molecule has 0 bridgehead atoms. The van der Waals surface area contributed by atoms with E-state index in [1.807, 2.05) is 0 Å². The Bertz CT molecular complexity index is 368. The fourth-order valence-electron chi connectivity index (χ4n) is 2.14. The zero-order valence-corrected chi connectivity index (χ0v) is 10.6. The van der Waals surface area contributed by atoms with Crippen LogP contribution in [0.2, 0.25) is 0 Å². The lowest BCUT2D eigenvalue weighted by molar-refractivity contribution is 0.102. The Labute approximate surface area is 106 Å². The van der Waals surface area contributed by atoms with E-state index in [-0.39, 0.29) is 11.6 Å². The van der Waals surface area contributed by atoms with Gasteiger partial charge in [-0.15, -0.1) is 0 Å². The summed E-state index contributed by atoms with van der Waals surface area (Å²) >= 11 is 1.76. The van der Waals surface area contributed by atoms with E-state index in [0.29, 0.717) is 16.6 Å². The van der Waals surface area contributed by atoms with Crippen LogP contribution < -0.4 is 0 Å². The van der Waals surface area contributed by atoms with Crippen molar-refractivity contribution in [2.45, 2.75) is 37.4 Å². The van der Waals surface area contributed by atoms with Gasteiger partial charge in [-0.25, -0.2) is 4.39 Å². The predicted molar refractivity (Wildman–Crippen MR) is 70.1 cm³/mol. The summed E-state index contributed by atoms with van der Waals surface area (Å²) < 4.78 is 12.7. The van der Waals surface area contributed by atoms with Gasteiger partial charge < -0.3 is 0 Å². The minimum absolute atomic E-state index is 0.112. The monoisotopic (exact) mass is 252 g/mol. The topological polar surface area (TPSA) is 17.1 Å². The fraction of sp³-hybridized carbons (Fsp3) is 0.500. The minimum atomic E-state index is -0.290. The number of carbonyl (C=O) groups is 1. The molecule has 1 aliphatic carbocycles. The standard InChI is InChI=1S/C14H17FOS/c15-12-8-6-11(7-9-12)14(16)10-17-13-4-2-1-3-5-13/h6-9,13H,1-5,10H2. The molecule has 1 aliphatic rings. The first-order valence-corrected chi connectivity index (χ1v) is 7.21. The largest absolute Gasteiger partial charge is 0.293 e. The van der Waals surface area contributed by atoms with Gasteiger partial charge in [-0.2, -0.15) is 11.8 Å². The van der Waals surface area contributed by atoms with E-state index < -0.39 is 0 Å². The van der Waals surface area contributed by atoms with E-state index in [1.54, 1.807) is 23.9 Å². The molecule has 0 aliphatic heterocycles. The average molecular weight is 252 g/mol. The van der Waals surface area contributed by atoms with Crippen molar-refractivity contribution in [1.82, 2.24) is 0 Å². The zero-order chi connectivity index (χ0) is 12.1. The van der Waals surface area contributed by atoms with Crippen molar-refractivity contribution in [2.75, 3.05) is 5.75 Å². The molecule has 1 aromatic rings. The maximum absolute atomic E-state index is 12.7. The van der Waals surface area contributed by atoms with Crippen LogP contribution in [-0.4, -0.2) is 16.8 Å². The third kappa shape index (κ3) is 3.84. The molecule has 1 fully saturated rings. The van der Waals surface area contributed by atoms with Gasteiger partial charge in [-0.3, -0.25) is 4.79 Å². The summed E-state index contributed by atoms with van der Waals surface area (Å²) in [6, 6.07) is 5.83. The number of halogens is 1. The number of Topliss-reactive ketones (excluding diaryl/α,β-unsaturated/α-hetero) is 1. The maximum Gasteiger partial charge on any atom is 0.172 e. The summed E-state index contributed by atoms with van der Waals surface area (Å²) in [4.78, 5) is 11.9. The highest BCUT2D eigenvalue weighted by atomic mass is 32.2. The number of carbonyl (C=O) groups excluding carboxylic acids is 1. The fourth-order valence-corrected chi connectivity index (χ4v) is 3.36. The third-order valence-corrected chi connectivity index (χ3v) is 4.54. The summed E-state index contributed by atoms with van der Waals surface area (Å²) in [6.45, 7) is 0. The van der Waals surface area contributed by atoms with Gasteiger partial charge in [0.1, 0.15) is 5.82 Å². The normalized spacial score (nSPS) is 17.0. The summed E-state index contributed by atoms with van der Waals surface area (Å²) in [5.41, 5.74) is 0.620. The van der Waals surface area contributed by atoms with E-state index in [4.69, 9.17) is 0 Å². The molecule has 1 nitrogen and oxygen atoms in total. The van der Waals surface area contributed by atoms with Crippen molar-refractivity contribution in [3.8, 4) is 0 Å². The molecule has 0 amide bonds. The van der Waals surface area contributed by atoms with Gasteiger partial charge in [0.05, 0.1) is 5.75 Å². The van der Waals surface area contributed by atoms with Crippen LogP contribution in [0, 0.1) is 5.82 Å². The molecular formula is C14H17FOS. The van der Waals surface area contributed by atoms with Crippen LogP contribution in [0.3, 0.4) is 0 Å². The van der Waals surface area contributed by atoms with Crippen LogP contribution in [0.4, 0.5) is 4.39 Å². The van der Waals surface area contributed by atoms with Crippen LogP contribution in [0.15, 0.2) is 24.3 Å². The molecule has 0 unspecified atom stereocenters. The highest BCUT2D eigenvalue weighted by Crippen LogP contribution is 2.28. The van der Waals surface area contributed by atoms with E-state index in [9.17, 15) is 9.18 Å². The Morgan fingerprint density at radius 2 is 1.82 bits per heavy atom. The van der Waals surface area contributed by atoms with Crippen molar-refractivity contribution in [3.63, 3.8) is 0 Å². The second-order valence-electron chi connectivity index (χ2n) is 4.50. The number of hydrogen-bond acceptors (Lipinski definition) is 2. The van der Waals surface area contributed by atoms with E-state index >= 15 is 0 Å². The second-order valence-corrected chi connectivity index (χ2v) is 5.79. The average Bonchev–Trinajstić information content (AvgIpc) is 2.38. The number of thioether (sulfide) groups is 1. The number of benzene rings is 1. The van der Waals surface area contributed by atoms with Gasteiger partial charge in [0.2, 0.25) is 0 Å². The smallest absolute Gasteiger partial charge is 0.172 e. The summed E-state index contributed by atoms with van der Waals surface area (Å²) in [5, 5.41) is 0.646. The van der Waals surface area contributed by atoms with Crippen LogP contribution in [0.5, 0.6) is 0 Å². The molecule has 0 N–H and O–H groups in total. The summed E-state index contributed by atoms with van der Waals surface area (Å²) in [7, 11) is 0. The number of ketones is 1. The van der Waals surface area contributed by atoms with Gasteiger partial charge in [-0.1, -0.05) is 19.3 Å². The van der Waals surface area contributed by atoms with E-state index in [0.717, 1.165) is 0 Å². The first-order valence-electron chi connectivity index (χ1n) is 6.16. The molecule has 0 aromatic heterocycles. The molecule has 92 valence electrons. The van der Waals surface area contributed by atoms with Crippen molar-refractivity contribution >= 4 is 17.5 Å². The predicted octanol–water partition coefficient (Wildman–Crippen LogP) is 4.07. The summed E-state index contributed by atoms with van der Waals surface area (Å²) in [5.74, 6) is 0.345. The Morgan fingerprint density at radius 3 is 2.47 bits per heavy atom. The molecule has 0 heterocycles. The molecule has 0 spiro atoms. The molecule has 2 rings (SSSR count). The SMILES string of the molecule is O=C(CSC1CCCCC1)c1ccc(F)cc1. The highest BCUT2D eigenvalue weighted by molar-refractivity contribution is 8.00. The van der Waals surface area contributed by atoms with E-state index in [2.05, 4.69) is 0 Å². The van der Waals surface area contributed by atoms with Crippen LogP contribution in [-0.2, 0) is 0 Å². The molecule has 3 heteroatoms. The lowest BCUT2D eigenvalue weighted by Gasteiger charge is -2.20. The molecule has 1 saturated carbocycles. The van der Waals surface area contributed by atoms with Crippen molar-refractivity contribution < 1.29 is 9.18 Å². The molecule has 0 atom stereocenters. The zero-order valence-electron chi connectivity index (χ0n) is 9.82. The van der Waals surface area contributed by atoms with Crippen LogP contribution in [0.1, 0.15) is 42.5 Å². The Balaban J connectivity index is 1.82. The van der Waals surface area contributed by atoms with Gasteiger partial charge in [0, 0.05) is 10.8 Å². The van der Waals surface area contributed by atoms with Gasteiger partial charge in [0.15, 0.2) is 5.78 Å². The number of hydrogen-bond donors (Lipinski definition) is 0.